The molecule has 6 heteroatoms. The predicted molar refractivity (Wildman–Crippen MR) is 83.2 cm³/mol. The first kappa shape index (κ1) is 15.6. The molecule has 1 aliphatic rings. The first-order chi connectivity index (χ1) is 9.90. The van der Waals surface area contributed by atoms with E-state index < -0.39 is 0 Å². The average Bonchev–Trinajstić information content (AvgIpc) is 2.48. The molecule has 114 valence electrons. The Kier molecular flexibility index (Phi) is 4.73. The molecule has 1 fully saturated rings. The first-order valence-corrected chi connectivity index (χ1v) is 7.33. The Morgan fingerprint density at radius 1 is 1.29 bits per heavy atom. The molecule has 1 heterocycles. The van der Waals surface area contributed by atoms with Crippen molar-refractivity contribution < 1.29 is 9.59 Å². The molecule has 0 unspecified atom stereocenters. The predicted octanol–water partition coefficient (Wildman–Crippen LogP) is 1.86. The molecule has 1 aliphatic heterocycles. The van der Waals surface area contributed by atoms with E-state index in [0.717, 1.165) is 0 Å². The number of hydrogen-bond donors (Lipinski definition) is 1. The summed E-state index contributed by atoms with van der Waals surface area (Å²) < 4.78 is 0. The molecule has 5 nitrogen and oxygen atoms in total. The third-order valence-electron chi connectivity index (χ3n) is 3.82. The van der Waals surface area contributed by atoms with Crippen molar-refractivity contribution in [2.24, 2.45) is 5.92 Å². The van der Waals surface area contributed by atoms with Crippen LogP contribution in [0.15, 0.2) is 18.2 Å². The molecule has 0 aliphatic carbocycles. The van der Waals surface area contributed by atoms with Crippen LogP contribution >= 0.6 is 11.6 Å². The third kappa shape index (κ3) is 3.47. The Labute approximate surface area is 129 Å². The first-order valence-electron chi connectivity index (χ1n) is 6.95. The molecule has 2 amide bonds. The molecule has 0 radical (unpaired) electrons. The van der Waals surface area contributed by atoms with Crippen LogP contribution in [0.25, 0.3) is 0 Å². The lowest BCUT2D eigenvalue weighted by atomic mass is 9.95. The SMILES string of the molecule is CN(C)C(=O)C1CCN(C(=O)c2cc(Cl)ccc2N)CC1. The van der Waals surface area contributed by atoms with E-state index >= 15 is 0 Å². The van der Waals surface area contributed by atoms with Gasteiger partial charge >= 0.3 is 0 Å². The number of nitrogen functional groups attached to an aromatic ring is 1. The lowest BCUT2D eigenvalue weighted by Crippen LogP contribution is -2.42. The smallest absolute Gasteiger partial charge is 0.255 e. The zero-order valence-electron chi connectivity index (χ0n) is 12.3. The summed E-state index contributed by atoms with van der Waals surface area (Å²) >= 11 is 5.92. The number of hydrogen-bond acceptors (Lipinski definition) is 3. The number of likely N-dealkylation sites (tertiary alicyclic amines) is 1. The second-order valence-electron chi connectivity index (χ2n) is 5.53. The molecule has 2 N–H and O–H groups in total. The quantitative estimate of drug-likeness (QED) is 0.848. The molecule has 1 saturated heterocycles. The van der Waals surface area contributed by atoms with E-state index in [1.165, 1.54) is 0 Å². The van der Waals surface area contributed by atoms with Gasteiger partial charge < -0.3 is 15.5 Å². The van der Waals surface area contributed by atoms with Crippen molar-refractivity contribution in [2.45, 2.75) is 12.8 Å². The van der Waals surface area contributed by atoms with E-state index in [1.807, 2.05) is 0 Å². The molecule has 2 rings (SSSR count). The fraction of sp³-hybridized carbons (Fsp3) is 0.467. The van der Waals surface area contributed by atoms with Crippen LogP contribution in [0.5, 0.6) is 0 Å². The largest absolute Gasteiger partial charge is 0.398 e. The minimum Gasteiger partial charge on any atom is -0.398 e. The van der Waals surface area contributed by atoms with Gasteiger partial charge in [-0.15, -0.1) is 0 Å². The molecule has 0 bridgehead atoms. The van der Waals surface area contributed by atoms with Crippen molar-refractivity contribution in [3.63, 3.8) is 0 Å². The van der Waals surface area contributed by atoms with Gasteiger partial charge in [0.25, 0.3) is 5.91 Å². The molecule has 1 aromatic carbocycles. The van der Waals surface area contributed by atoms with Crippen LogP contribution in [0.4, 0.5) is 5.69 Å². The highest BCUT2D eigenvalue weighted by Crippen LogP contribution is 2.24. The summed E-state index contributed by atoms with van der Waals surface area (Å²) in [6.07, 6.45) is 1.37. The number of rotatable bonds is 2. The van der Waals surface area contributed by atoms with Crippen molar-refractivity contribution in [1.82, 2.24) is 9.80 Å². The summed E-state index contributed by atoms with van der Waals surface area (Å²) in [6.45, 7) is 1.13. The van der Waals surface area contributed by atoms with Crippen LogP contribution in [0, 0.1) is 5.92 Å². The number of amides is 2. The van der Waals surface area contributed by atoms with Crippen LogP contribution in [0.1, 0.15) is 23.2 Å². The van der Waals surface area contributed by atoms with E-state index in [1.54, 1.807) is 42.1 Å². The molecule has 0 saturated carbocycles. The molecule has 0 atom stereocenters. The molecule has 21 heavy (non-hydrogen) atoms. The number of benzene rings is 1. The molecule has 0 aromatic heterocycles. The maximum Gasteiger partial charge on any atom is 0.255 e. The summed E-state index contributed by atoms with van der Waals surface area (Å²) in [5.74, 6) is 0.0101. The van der Waals surface area contributed by atoms with Crippen LogP contribution in [-0.2, 0) is 4.79 Å². The third-order valence-corrected chi connectivity index (χ3v) is 4.05. The summed E-state index contributed by atoms with van der Waals surface area (Å²) in [6, 6.07) is 4.89. The van der Waals surface area contributed by atoms with Crippen LogP contribution in [0.2, 0.25) is 5.02 Å². The highest BCUT2D eigenvalue weighted by atomic mass is 35.5. The number of halogens is 1. The van der Waals surface area contributed by atoms with Crippen molar-refractivity contribution in [3.8, 4) is 0 Å². The van der Waals surface area contributed by atoms with Crippen LogP contribution in [-0.4, -0.2) is 48.8 Å². The van der Waals surface area contributed by atoms with Gasteiger partial charge in [-0.1, -0.05) is 11.6 Å². The van der Waals surface area contributed by atoms with Crippen molar-refractivity contribution in [3.05, 3.63) is 28.8 Å². The summed E-state index contributed by atoms with van der Waals surface area (Å²) in [7, 11) is 3.51. The number of nitrogens with two attached hydrogens (primary N) is 1. The van der Waals surface area contributed by atoms with Gasteiger partial charge in [0.05, 0.1) is 5.56 Å². The number of carbonyl (C=O) groups is 2. The minimum atomic E-state index is -0.120. The maximum absolute atomic E-state index is 12.5. The monoisotopic (exact) mass is 309 g/mol. The van der Waals surface area contributed by atoms with Gasteiger partial charge in [-0.3, -0.25) is 9.59 Å². The van der Waals surface area contributed by atoms with E-state index in [2.05, 4.69) is 0 Å². The molecular formula is C15H20ClN3O2. The zero-order chi connectivity index (χ0) is 15.6. The Bertz CT molecular complexity index is 552. The van der Waals surface area contributed by atoms with Crippen molar-refractivity contribution in [1.29, 1.82) is 0 Å². The van der Waals surface area contributed by atoms with Gasteiger partial charge in [0.2, 0.25) is 5.91 Å². The average molecular weight is 310 g/mol. The van der Waals surface area contributed by atoms with Gasteiger partial charge in [-0.25, -0.2) is 0 Å². The molecular weight excluding hydrogens is 290 g/mol. The van der Waals surface area contributed by atoms with Crippen LogP contribution in [0.3, 0.4) is 0 Å². The standard InChI is InChI=1S/C15H20ClN3O2/c1-18(2)14(20)10-5-7-19(8-6-10)15(21)12-9-11(16)3-4-13(12)17/h3-4,9-10H,5-8,17H2,1-2H3. The van der Waals surface area contributed by atoms with E-state index in [-0.39, 0.29) is 17.7 Å². The molecule has 0 spiro atoms. The summed E-state index contributed by atoms with van der Waals surface area (Å²) in [5.41, 5.74) is 6.70. The lowest BCUT2D eigenvalue weighted by molar-refractivity contribution is -0.134. The fourth-order valence-corrected chi connectivity index (χ4v) is 2.75. The molecule has 1 aromatic rings. The van der Waals surface area contributed by atoms with Crippen molar-refractivity contribution in [2.75, 3.05) is 32.9 Å². The van der Waals surface area contributed by atoms with Crippen LogP contribution < -0.4 is 5.73 Å². The van der Waals surface area contributed by atoms with Gasteiger partial charge in [0, 0.05) is 43.8 Å². The zero-order valence-corrected chi connectivity index (χ0v) is 13.1. The number of carbonyl (C=O) groups excluding carboxylic acids is 2. The highest BCUT2D eigenvalue weighted by Gasteiger charge is 2.29. The van der Waals surface area contributed by atoms with E-state index in [0.29, 0.717) is 42.2 Å². The second kappa shape index (κ2) is 6.35. The van der Waals surface area contributed by atoms with Crippen molar-refractivity contribution >= 4 is 29.1 Å². The second-order valence-corrected chi connectivity index (χ2v) is 5.97. The highest BCUT2D eigenvalue weighted by molar-refractivity contribution is 6.31. The summed E-state index contributed by atoms with van der Waals surface area (Å²) in [5, 5.41) is 0.491. The van der Waals surface area contributed by atoms with Gasteiger partial charge in [0.1, 0.15) is 0 Å². The minimum absolute atomic E-state index is 0.000702. The van der Waals surface area contributed by atoms with Gasteiger partial charge in [0.15, 0.2) is 0 Å². The summed E-state index contributed by atoms with van der Waals surface area (Å²) in [4.78, 5) is 27.7. The topological polar surface area (TPSA) is 66.6 Å². The number of anilines is 1. The Hall–Kier alpha value is -1.75. The Balaban J connectivity index is 2.03. The maximum atomic E-state index is 12.5. The normalized spacial score (nSPS) is 15.9. The lowest BCUT2D eigenvalue weighted by Gasteiger charge is -2.32. The van der Waals surface area contributed by atoms with E-state index in [4.69, 9.17) is 17.3 Å². The number of piperidine rings is 1. The van der Waals surface area contributed by atoms with Gasteiger partial charge in [-0.2, -0.15) is 0 Å². The van der Waals surface area contributed by atoms with E-state index in [9.17, 15) is 9.59 Å². The Morgan fingerprint density at radius 3 is 2.48 bits per heavy atom. The number of nitrogens with zero attached hydrogens (tertiary/aromatic N) is 2. The van der Waals surface area contributed by atoms with Gasteiger partial charge in [-0.05, 0) is 31.0 Å². The fourth-order valence-electron chi connectivity index (χ4n) is 2.58. The Morgan fingerprint density at radius 2 is 1.90 bits per heavy atom.